The lowest BCUT2D eigenvalue weighted by atomic mass is 10.0. The van der Waals surface area contributed by atoms with Crippen molar-refractivity contribution in [2.75, 3.05) is 6.61 Å². The lowest BCUT2D eigenvalue weighted by Gasteiger charge is -2.08. The molecule has 0 bridgehead atoms. The molecule has 0 aliphatic heterocycles. The van der Waals surface area contributed by atoms with Crippen molar-refractivity contribution in [3.05, 3.63) is 0 Å². The van der Waals surface area contributed by atoms with E-state index in [0.29, 0.717) is 6.61 Å². The minimum atomic E-state index is -0.111. The van der Waals surface area contributed by atoms with E-state index in [1.54, 1.807) is 0 Å². The number of ether oxygens (including phenoxy) is 1. The van der Waals surface area contributed by atoms with E-state index < -0.39 is 0 Å². The predicted octanol–water partition coefficient (Wildman–Crippen LogP) is 7.18. The highest BCUT2D eigenvalue weighted by Gasteiger charge is 2.14. The van der Waals surface area contributed by atoms with Gasteiger partial charge in [-0.3, -0.25) is 4.79 Å². The zero-order chi connectivity index (χ0) is 17.2. The van der Waals surface area contributed by atoms with Crippen LogP contribution in [0.3, 0.4) is 0 Å². The quantitative estimate of drug-likeness (QED) is 0.149. The molecule has 0 saturated carbocycles. The molecule has 138 valence electrons. The Labute approximate surface area is 153 Å². The monoisotopic (exact) mass is 390 g/mol. The summed E-state index contributed by atoms with van der Waals surface area (Å²) in [5.74, 6) is -0.109. The van der Waals surface area contributed by atoms with Crippen LogP contribution < -0.4 is 0 Å². The Hall–Kier alpha value is -0.0500. The van der Waals surface area contributed by atoms with Crippen molar-refractivity contribution in [2.45, 2.75) is 115 Å². The van der Waals surface area contributed by atoms with Crippen molar-refractivity contribution in [3.63, 3.8) is 0 Å². The molecule has 0 aromatic heterocycles. The Balaban J connectivity index is 3.14. The van der Waals surface area contributed by atoms with Gasteiger partial charge < -0.3 is 4.74 Å². The molecule has 0 N–H and O–H groups in total. The van der Waals surface area contributed by atoms with Gasteiger partial charge in [-0.1, -0.05) is 113 Å². The first kappa shape index (κ1) is 22.9. The van der Waals surface area contributed by atoms with Crippen molar-refractivity contribution in [2.24, 2.45) is 0 Å². The number of rotatable bonds is 17. The molecular weight excluding hydrogens is 352 g/mol. The highest BCUT2D eigenvalue weighted by molar-refractivity contribution is 9.10. The summed E-state index contributed by atoms with van der Waals surface area (Å²) >= 11 is 3.41. The minimum absolute atomic E-state index is 0.109. The normalized spacial score (nSPS) is 12.3. The molecular formula is C20H39BrO2. The first-order chi connectivity index (χ1) is 11.2. The van der Waals surface area contributed by atoms with E-state index >= 15 is 0 Å². The molecule has 0 radical (unpaired) electrons. The lowest BCUT2D eigenvalue weighted by Crippen LogP contribution is -2.17. The summed E-state index contributed by atoms with van der Waals surface area (Å²) < 4.78 is 4.99. The topological polar surface area (TPSA) is 26.3 Å². The largest absolute Gasteiger partial charge is 0.465 e. The molecule has 0 spiro atoms. The van der Waals surface area contributed by atoms with Gasteiger partial charge in [-0.2, -0.15) is 0 Å². The molecule has 0 rings (SSSR count). The Morgan fingerprint density at radius 2 is 1.13 bits per heavy atom. The van der Waals surface area contributed by atoms with E-state index in [0.717, 1.165) is 12.8 Å². The average Bonchev–Trinajstić information content (AvgIpc) is 2.55. The number of hydrogen-bond acceptors (Lipinski definition) is 2. The molecule has 0 fully saturated rings. The number of halogens is 1. The smallest absolute Gasteiger partial charge is 0.319 e. The maximum absolute atomic E-state index is 11.4. The van der Waals surface area contributed by atoms with Gasteiger partial charge >= 0.3 is 5.97 Å². The van der Waals surface area contributed by atoms with Crippen LogP contribution in [0, 0.1) is 0 Å². The summed E-state index contributed by atoms with van der Waals surface area (Å²) in [4.78, 5) is 11.3. The van der Waals surface area contributed by atoms with Crippen LogP contribution in [-0.2, 0) is 9.53 Å². The van der Waals surface area contributed by atoms with Gasteiger partial charge in [-0.25, -0.2) is 0 Å². The highest BCUT2D eigenvalue weighted by Crippen LogP contribution is 2.16. The second-order valence-corrected chi connectivity index (χ2v) is 7.71. The highest BCUT2D eigenvalue weighted by atomic mass is 79.9. The van der Waals surface area contributed by atoms with Crippen LogP contribution in [0.25, 0.3) is 0 Å². The van der Waals surface area contributed by atoms with Crippen LogP contribution in [0.5, 0.6) is 0 Å². The van der Waals surface area contributed by atoms with Crippen LogP contribution in [0.1, 0.15) is 110 Å². The molecule has 1 unspecified atom stereocenters. The molecule has 3 heteroatoms. The van der Waals surface area contributed by atoms with Gasteiger partial charge in [0.05, 0.1) is 6.61 Å². The van der Waals surface area contributed by atoms with Gasteiger partial charge in [0, 0.05) is 0 Å². The van der Waals surface area contributed by atoms with Crippen molar-refractivity contribution in [3.8, 4) is 0 Å². The van der Waals surface area contributed by atoms with Gasteiger partial charge in [-0.05, 0) is 13.3 Å². The van der Waals surface area contributed by atoms with E-state index in [-0.39, 0.29) is 10.8 Å². The fourth-order valence-corrected chi connectivity index (χ4v) is 3.32. The molecule has 0 amide bonds. The third-order valence-corrected chi connectivity index (χ3v) is 5.19. The van der Waals surface area contributed by atoms with Crippen molar-refractivity contribution >= 4 is 21.9 Å². The molecule has 0 aliphatic rings. The molecule has 0 aromatic carbocycles. The van der Waals surface area contributed by atoms with Crippen LogP contribution in [0.4, 0.5) is 0 Å². The second kappa shape index (κ2) is 18.3. The maximum atomic E-state index is 11.4. The Morgan fingerprint density at radius 1 is 0.739 bits per heavy atom. The number of esters is 1. The number of hydrogen-bond donors (Lipinski definition) is 0. The molecule has 0 aliphatic carbocycles. The van der Waals surface area contributed by atoms with E-state index in [1.165, 1.54) is 83.5 Å². The zero-order valence-electron chi connectivity index (χ0n) is 15.6. The van der Waals surface area contributed by atoms with Gasteiger partial charge in [0.15, 0.2) is 0 Å². The van der Waals surface area contributed by atoms with Crippen LogP contribution in [0.2, 0.25) is 0 Å². The second-order valence-electron chi connectivity index (χ2n) is 6.60. The number of unbranched alkanes of at least 4 members (excludes halogenated alkanes) is 13. The summed E-state index contributed by atoms with van der Waals surface area (Å²) in [7, 11) is 0. The summed E-state index contributed by atoms with van der Waals surface area (Å²) in [5.41, 5.74) is 0. The van der Waals surface area contributed by atoms with E-state index in [2.05, 4.69) is 22.9 Å². The summed E-state index contributed by atoms with van der Waals surface area (Å²) in [6.45, 7) is 4.60. The lowest BCUT2D eigenvalue weighted by molar-refractivity contribution is -0.142. The number of alkyl halides is 1. The van der Waals surface area contributed by atoms with E-state index in [4.69, 9.17) is 4.74 Å². The van der Waals surface area contributed by atoms with Crippen LogP contribution in [0.15, 0.2) is 0 Å². The van der Waals surface area contributed by atoms with Gasteiger partial charge in [0.1, 0.15) is 4.83 Å². The fourth-order valence-electron chi connectivity index (χ4n) is 2.87. The molecule has 2 nitrogen and oxygen atoms in total. The van der Waals surface area contributed by atoms with Crippen LogP contribution in [-0.4, -0.2) is 17.4 Å². The molecule has 0 saturated heterocycles. The first-order valence-corrected chi connectivity index (χ1v) is 10.9. The van der Waals surface area contributed by atoms with Gasteiger partial charge in [0.25, 0.3) is 0 Å². The number of carbonyl (C=O) groups excluding carboxylic acids is 1. The van der Waals surface area contributed by atoms with Gasteiger partial charge in [0.2, 0.25) is 0 Å². The Kier molecular flexibility index (Phi) is 18.3. The number of carbonyl (C=O) groups is 1. The Bertz CT molecular complexity index is 256. The molecule has 1 atom stereocenters. The van der Waals surface area contributed by atoms with Crippen molar-refractivity contribution in [1.29, 1.82) is 0 Å². The van der Waals surface area contributed by atoms with Gasteiger partial charge in [-0.15, -0.1) is 0 Å². The first-order valence-electron chi connectivity index (χ1n) is 10.0. The third kappa shape index (κ3) is 16.6. The van der Waals surface area contributed by atoms with Crippen LogP contribution >= 0.6 is 15.9 Å². The minimum Gasteiger partial charge on any atom is -0.465 e. The molecule has 23 heavy (non-hydrogen) atoms. The summed E-state index contributed by atoms with van der Waals surface area (Å²) in [6, 6.07) is 0. The average molecular weight is 391 g/mol. The standard InChI is InChI=1S/C20H39BrO2/c1-3-5-6-7-8-9-10-11-12-13-14-15-16-17-18-19(21)20(22)23-4-2/h19H,3-18H2,1-2H3. The maximum Gasteiger partial charge on any atom is 0.319 e. The molecule has 0 aromatic rings. The van der Waals surface area contributed by atoms with E-state index in [9.17, 15) is 4.79 Å². The van der Waals surface area contributed by atoms with E-state index in [1.807, 2.05) is 6.92 Å². The summed E-state index contributed by atoms with van der Waals surface area (Å²) in [5, 5.41) is 0. The SMILES string of the molecule is CCCCCCCCCCCCCCCCC(Br)C(=O)OCC. The summed E-state index contributed by atoms with van der Waals surface area (Å²) in [6.07, 6.45) is 20.0. The van der Waals surface area contributed by atoms with Crippen molar-refractivity contribution < 1.29 is 9.53 Å². The third-order valence-electron chi connectivity index (χ3n) is 4.35. The Morgan fingerprint density at radius 3 is 1.52 bits per heavy atom. The molecule has 0 heterocycles. The fraction of sp³-hybridized carbons (Fsp3) is 0.950. The zero-order valence-corrected chi connectivity index (χ0v) is 17.2. The predicted molar refractivity (Wildman–Crippen MR) is 104 cm³/mol. The van der Waals surface area contributed by atoms with Crippen molar-refractivity contribution in [1.82, 2.24) is 0 Å².